The van der Waals surface area contributed by atoms with Gasteiger partial charge in [0.05, 0.1) is 22.5 Å². The minimum atomic E-state index is -3.28. The number of hydrogen-bond donors (Lipinski definition) is 2. The van der Waals surface area contributed by atoms with E-state index in [9.17, 15) is 18.3 Å². The Morgan fingerprint density at radius 2 is 1.75 bits per heavy atom. The van der Waals surface area contributed by atoms with Gasteiger partial charge in [-0.05, 0) is 36.8 Å². The van der Waals surface area contributed by atoms with Crippen LogP contribution in [0, 0.1) is 0 Å². The van der Waals surface area contributed by atoms with Crippen molar-refractivity contribution in [3.8, 4) is 11.4 Å². The topological polar surface area (TPSA) is 114 Å². The van der Waals surface area contributed by atoms with Gasteiger partial charge in [0.25, 0.3) is 5.91 Å². The average Bonchev–Trinajstić information content (AvgIpc) is 3.08. The van der Waals surface area contributed by atoms with Crippen LogP contribution in [0.3, 0.4) is 0 Å². The summed E-state index contributed by atoms with van der Waals surface area (Å²) in [7, 11) is -3.28. The number of hydrogen-bond acceptors (Lipinski definition) is 6. The molecule has 28 heavy (non-hydrogen) atoms. The lowest BCUT2D eigenvalue weighted by Gasteiger charge is -2.04. The minimum Gasteiger partial charge on any atom is -0.504 e. The molecule has 1 amide bonds. The maximum absolute atomic E-state index is 12.3. The number of sulfone groups is 1. The second-order valence-corrected chi connectivity index (χ2v) is 8.09. The number of hydrazone groups is 1. The molecule has 2 N–H and O–H groups in total. The Balaban J connectivity index is 1.75. The number of rotatable bonds is 5. The van der Waals surface area contributed by atoms with E-state index in [0.717, 1.165) is 6.26 Å². The first-order chi connectivity index (χ1) is 13.3. The van der Waals surface area contributed by atoms with Crippen LogP contribution in [0.25, 0.3) is 5.69 Å². The Hall–Kier alpha value is -3.46. The smallest absolute Gasteiger partial charge is 0.295 e. The van der Waals surface area contributed by atoms with E-state index in [1.54, 1.807) is 31.2 Å². The summed E-state index contributed by atoms with van der Waals surface area (Å²) in [5, 5.41) is 18.1. The van der Waals surface area contributed by atoms with Gasteiger partial charge >= 0.3 is 0 Å². The number of aromatic nitrogens is 2. The lowest BCUT2D eigenvalue weighted by molar-refractivity contribution is 0.0947. The Morgan fingerprint density at radius 3 is 2.36 bits per heavy atom. The first kappa shape index (κ1) is 19.3. The van der Waals surface area contributed by atoms with Gasteiger partial charge in [-0.25, -0.2) is 18.5 Å². The highest BCUT2D eigenvalue weighted by Crippen LogP contribution is 2.18. The monoisotopic (exact) mass is 398 g/mol. The van der Waals surface area contributed by atoms with Crippen LogP contribution >= 0.6 is 0 Å². The highest BCUT2D eigenvalue weighted by molar-refractivity contribution is 7.90. The third kappa shape index (κ3) is 4.26. The summed E-state index contributed by atoms with van der Waals surface area (Å²) < 4.78 is 24.4. The standard InChI is InChI=1S/C19H18N4O4S/c1-13(14-8-10-16(11-9-14)28(2,26)27)20-21-19(25)18-17(24)12-23(22-18)15-6-4-3-5-7-15/h3-12,24H,1-2H3,(H,21,25)/b20-13-. The van der Waals surface area contributed by atoms with E-state index in [-0.39, 0.29) is 16.3 Å². The molecule has 0 atom stereocenters. The van der Waals surface area contributed by atoms with Gasteiger partial charge in [0.1, 0.15) is 0 Å². The number of nitrogens with zero attached hydrogens (tertiary/aromatic N) is 3. The van der Waals surface area contributed by atoms with Gasteiger partial charge in [0.2, 0.25) is 0 Å². The summed E-state index contributed by atoms with van der Waals surface area (Å²) >= 11 is 0. The lowest BCUT2D eigenvalue weighted by atomic mass is 10.1. The highest BCUT2D eigenvalue weighted by atomic mass is 32.2. The van der Waals surface area contributed by atoms with Gasteiger partial charge in [-0.15, -0.1) is 0 Å². The van der Waals surface area contributed by atoms with Gasteiger partial charge in [0, 0.05) is 6.26 Å². The SMILES string of the molecule is C/C(=N/NC(=O)c1nn(-c2ccccc2)cc1O)c1ccc(S(C)(=O)=O)cc1. The molecule has 0 saturated carbocycles. The molecule has 0 radical (unpaired) electrons. The third-order valence-corrected chi connectivity index (χ3v) is 5.08. The minimum absolute atomic E-state index is 0.159. The molecule has 0 aliphatic carbocycles. The second-order valence-electron chi connectivity index (χ2n) is 6.08. The quantitative estimate of drug-likeness (QED) is 0.505. The van der Waals surface area contributed by atoms with Crippen molar-refractivity contribution in [1.82, 2.24) is 15.2 Å². The van der Waals surface area contributed by atoms with Crippen molar-refractivity contribution >= 4 is 21.5 Å². The van der Waals surface area contributed by atoms with Crippen molar-refractivity contribution in [3.63, 3.8) is 0 Å². The van der Waals surface area contributed by atoms with Crippen molar-refractivity contribution in [3.05, 3.63) is 72.1 Å². The fourth-order valence-electron chi connectivity index (χ4n) is 2.43. The molecule has 1 aromatic heterocycles. The molecule has 0 spiro atoms. The van der Waals surface area contributed by atoms with E-state index in [1.807, 2.05) is 18.2 Å². The van der Waals surface area contributed by atoms with Crippen molar-refractivity contribution < 1.29 is 18.3 Å². The summed E-state index contributed by atoms with van der Waals surface area (Å²) in [6, 6.07) is 15.2. The van der Waals surface area contributed by atoms with Crippen LogP contribution in [-0.2, 0) is 9.84 Å². The van der Waals surface area contributed by atoms with Crippen LogP contribution in [0.2, 0.25) is 0 Å². The first-order valence-electron chi connectivity index (χ1n) is 8.25. The van der Waals surface area contributed by atoms with Crippen LogP contribution in [0.1, 0.15) is 23.0 Å². The van der Waals surface area contributed by atoms with E-state index in [1.165, 1.54) is 23.0 Å². The summed E-state index contributed by atoms with van der Waals surface area (Å²) in [4.78, 5) is 12.5. The van der Waals surface area contributed by atoms with Crippen molar-refractivity contribution in [2.75, 3.05) is 6.26 Å². The molecule has 2 aromatic carbocycles. The zero-order valence-corrected chi connectivity index (χ0v) is 16.0. The highest BCUT2D eigenvalue weighted by Gasteiger charge is 2.17. The molecule has 0 fully saturated rings. The Morgan fingerprint density at radius 1 is 1.11 bits per heavy atom. The number of carbonyl (C=O) groups is 1. The number of aromatic hydroxyl groups is 1. The molecular formula is C19H18N4O4S. The molecular weight excluding hydrogens is 380 g/mol. The summed E-state index contributed by atoms with van der Waals surface area (Å²) in [6.45, 7) is 1.66. The molecule has 8 nitrogen and oxygen atoms in total. The normalized spacial score (nSPS) is 12.0. The number of benzene rings is 2. The molecule has 9 heteroatoms. The van der Waals surface area contributed by atoms with Gasteiger partial charge in [-0.1, -0.05) is 30.3 Å². The van der Waals surface area contributed by atoms with Gasteiger partial charge in [-0.3, -0.25) is 4.79 Å². The van der Waals surface area contributed by atoms with E-state index in [4.69, 9.17) is 0 Å². The van der Waals surface area contributed by atoms with Crippen LogP contribution in [0.15, 0.2) is 70.8 Å². The third-order valence-electron chi connectivity index (χ3n) is 3.96. The maximum atomic E-state index is 12.3. The van der Waals surface area contributed by atoms with Gasteiger partial charge in [0.15, 0.2) is 21.3 Å². The molecule has 0 aliphatic rings. The van der Waals surface area contributed by atoms with Crippen LogP contribution in [0.5, 0.6) is 5.75 Å². The average molecular weight is 398 g/mol. The fourth-order valence-corrected chi connectivity index (χ4v) is 3.07. The number of para-hydroxylation sites is 1. The van der Waals surface area contributed by atoms with Crippen LogP contribution < -0.4 is 5.43 Å². The van der Waals surface area contributed by atoms with E-state index < -0.39 is 15.7 Å². The predicted octanol–water partition coefficient (Wildman–Crippen LogP) is 2.14. The molecule has 3 aromatic rings. The number of nitrogens with one attached hydrogen (secondary N) is 1. The van der Waals surface area contributed by atoms with E-state index >= 15 is 0 Å². The zero-order chi connectivity index (χ0) is 20.3. The van der Waals surface area contributed by atoms with Crippen molar-refractivity contribution in [2.24, 2.45) is 5.10 Å². The van der Waals surface area contributed by atoms with Crippen molar-refractivity contribution in [2.45, 2.75) is 11.8 Å². The molecule has 0 unspecified atom stereocenters. The van der Waals surface area contributed by atoms with Gasteiger partial charge in [-0.2, -0.15) is 10.2 Å². The molecule has 144 valence electrons. The van der Waals surface area contributed by atoms with E-state index in [0.29, 0.717) is 17.0 Å². The molecule has 3 rings (SSSR count). The van der Waals surface area contributed by atoms with Crippen LogP contribution in [-0.4, -0.2) is 41.2 Å². The molecule has 0 bridgehead atoms. The summed E-state index contributed by atoms with van der Waals surface area (Å²) in [6.07, 6.45) is 2.47. The summed E-state index contributed by atoms with van der Waals surface area (Å²) in [5.74, 6) is -0.939. The number of carbonyl (C=O) groups excluding carboxylic acids is 1. The fraction of sp³-hybridized carbons (Fsp3) is 0.105. The second kappa shape index (κ2) is 7.65. The molecule has 1 heterocycles. The Kier molecular flexibility index (Phi) is 5.27. The van der Waals surface area contributed by atoms with Gasteiger partial charge < -0.3 is 5.11 Å². The maximum Gasteiger partial charge on any atom is 0.295 e. The Labute approximate surface area is 162 Å². The predicted molar refractivity (Wildman–Crippen MR) is 104 cm³/mol. The zero-order valence-electron chi connectivity index (χ0n) is 15.2. The summed E-state index contributed by atoms with van der Waals surface area (Å²) in [5.41, 5.74) is 3.99. The Bertz CT molecular complexity index is 1130. The van der Waals surface area contributed by atoms with E-state index in [2.05, 4.69) is 15.6 Å². The largest absolute Gasteiger partial charge is 0.504 e. The van der Waals surface area contributed by atoms with Crippen molar-refractivity contribution in [1.29, 1.82) is 0 Å². The first-order valence-corrected chi connectivity index (χ1v) is 10.1. The molecule has 0 saturated heterocycles. The molecule has 0 aliphatic heterocycles. The van der Waals surface area contributed by atoms with Crippen LogP contribution in [0.4, 0.5) is 0 Å². The number of amides is 1. The lowest BCUT2D eigenvalue weighted by Crippen LogP contribution is -2.20.